The molecule has 0 unspecified atom stereocenters. The van der Waals surface area contributed by atoms with E-state index in [2.05, 4.69) is 21.2 Å². The molecule has 1 aromatic rings. The number of ether oxygens (including phenoxy) is 3. The summed E-state index contributed by atoms with van der Waals surface area (Å²) in [5.41, 5.74) is 1.73. The molecule has 1 aromatic carbocycles. The summed E-state index contributed by atoms with van der Waals surface area (Å²) in [4.78, 5) is 25.3. The Labute approximate surface area is 180 Å². The van der Waals surface area contributed by atoms with Gasteiger partial charge in [-0.15, -0.1) is 0 Å². The van der Waals surface area contributed by atoms with Crippen LogP contribution >= 0.6 is 15.9 Å². The van der Waals surface area contributed by atoms with Crippen LogP contribution in [0.1, 0.15) is 56.9 Å². The van der Waals surface area contributed by atoms with Gasteiger partial charge in [-0.05, 0) is 53.7 Å². The predicted molar refractivity (Wildman–Crippen MR) is 113 cm³/mol. The Morgan fingerprint density at radius 2 is 1.83 bits per heavy atom. The number of hydrogen-bond donors (Lipinski definition) is 1. The number of carbonyl (C=O) groups excluding carboxylic acids is 2. The number of carbonyl (C=O) groups is 2. The zero-order valence-electron chi connectivity index (χ0n) is 17.2. The molecule has 1 amide bonds. The first-order valence-electron chi connectivity index (χ1n) is 10.0. The van der Waals surface area contributed by atoms with E-state index in [4.69, 9.17) is 14.2 Å². The van der Waals surface area contributed by atoms with Crippen LogP contribution in [0.2, 0.25) is 0 Å². The van der Waals surface area contributed by atoms with Gasteiger partial charge in [0.05, 0.1) is 30.9 Å². The third-order valence-corrected chi connectivity index (χ3v) is 6.36. The molecular weight excluding hydrogens is 438 g/mol. The number of halogens is 1. The zero-order valence-corrected chi connectivity index (χ0v) is 18.8. The Morgan fingerprint density at radius 3 is 2.48 bits per heavy atom. The van der Waals surface area contributed by atoms with Gasteiger partial charge in [0, 0.05) is 23.6 Å². The molecule has 0 saturated heterocycles. The average molecular weight is 466 g/mol. The Morgan fingerprint density at radius 1 is 1.14 bits per heavy atom. The summed E-state index contributed by atoms with van der Waals surface area (Å²) >= 11 is 3.46. The van der Waals surface area contributed by atoms with Gasteiger partial charge in [-0.2, -0.15) is 0 Å². The molecule has 29 heavy (non-hydrogen) atoms. The monoisotopic (exact) mass is 465 g/mol. The van der Waals surface area contributed by atoms with Crippen LogP contribution in [0.4, 0.5) is 0 Å². The molecule has 1 atom stereocenters. The molecule has 1 aliphatic carbocycles. The average Bonchev–Trinajstić information content (AvgIpc) is 2.72. The van der Waals surface area contributed by atoms with Crippen LogP contribution in [0.15, 0.2) is 27.9 Å². The van der Waals surface area contributed by atoms with Gasteiger partial charge in [-0.3, -0.25) is 4.79 Å². The van der Waals surface area contributed by atoms with Crippen molar-refractivity contribution in [2.24, 2.45) is 5.92 Å². The standard InChI is InChI=1S/C22H28BrNO5/c1-13-21(22(26)29-12-14-7-5-4-6-8-14)16(10-20(25)24-13)15-9-19(28-3)17(23)11-18(15)27-2/h9,11,14,16H,4-8,10,12H2,1-3H3,(H,24,25)/t16-/m1/s1. The Kier molecular flexibility index (Phi) is 7.22. The van der Waals surface area contributed by atoms with E-state index in [9.17, 15) is 9.59 Å². The molecule has 1 heterocycles. The number of methoxy groups -OCH3 is 2. The van der Waals surface area contributed by atoms with Gasteiger partial charge in [0.25, 0.3) is 0 Å². The number of benzene rings is 1. The molecule has 1 fully saturated rings. The van der Waals surface area contributed by atoms with E-state index in [1.54, 1.807) is 27.2 Å². The van der Waals surface area contributed by atoms with Crippen molar-refractivity contribution in [3.05, 3.63) is 33.4 Å². The SMILES string of the molecule is COc1cc([C@H]2CC(=O)NC(C)=C2C(=O)OCC2CCCCC2)c(OC)cc1Br. The van der Waals surface area contributed by atoms with E-state index >= 15 is 0 Å². The van der Waals surface area contributed by atoms with Crippen molar-refractivity contribution < 1.29 is 23.8 Å². The van der Waals surface area contributed by atoms with E-state index < -0.39 is 5.92 Å². The van der Waals surface area contributed by atoms with Crippen molar-refractivity contribution in [3.8, 4) is 11.5 Å². The maximum atomic E-state index is 13.0. The Hall–Kier alpha value is -2.02. The summed E-state index contributed by atoms with van der Waals surface area (Å²) < 4.78 is 17.4. The lowest BCUT2D eigenvalue weighted by atomic mass is 9.83. The van der Waals surface area contributed by atoms with Crippen molar-refractivity contribution in [1.82, 2.24) is 5.32 Å². The highest BCUT2D eigenvalue weighted by Crippen LogP contribution is 2.42. The normalized spacial score (nSPS) is 20.3. The molecule has 3 rings (SSSR count). The molecule has 6 nitrogen and oxygen atoms in total. The maximum Gasteiger partial charge on any atom is 0.336 e. The zero-order chi connectivity index (χ0) is 21.0. The fourth-order valence-corrected chi connectivity index (χ4v) is 4.70. The minimum absolute atomic E-state index is 0.139. The van der Waals surface area contributed by atoms with Crippen LogP contribution in [-0.2, 0) is 14.3 Å². The molecule has 1 N–H and O–H groups in total. The molecule has 0 radical (unpaired) electrons. The summed E-state index contributed by atoms with van der Waals surface area (Å²) in [6.45, 7) is 2.17. The summed E-state index contributed by atoms with van der Waals surface area (Å²) in [6.07, 6.45) is 5.99. The topological polar surface area (TPSA) is 73.9 Å². The first-order chi connectivity index (χ1) is 13.9. The fraction of sp³-hybridized carbons (Fsp3) is 0.545. The number of esters is 1. The van der Waals surface area contributed by atoms with Gasteiger partial charge in [0.1, 0.15) is 11.5 Å². The maximum absolute atomic E-state index is 13.0. The third kappa shape index (κ3) is 4.94. The lowest BCUT2D eigenvalue weighted by Crippen LogP contribution is -2.34. The van der Waals surface area contributed by atoms with Crippen LogP contribution in [0.25, 0.3) is 0 Å². The Balaban J connectivity index is 1.90. The van der Waals surface area contributed by atoms with Crippen LogP contribution in [0, 0.1) is 5.92 Å². The highest BCUT2D eigenvalue weighted by Gasteiger charge is 2.35. The van der Waals surface area contributed by atoms with Gasteiger partial charge >= 0.3 is 5.97 Å². The van der Waals surface area contributed by atoms with Crippen LogP contribution in [0.3, 0.4) is 0 Å². The van der Waals surface area contributed by atoms with Crippen molar-refractivity contribution in [3.63, 3.8) is 0 Å². The van der Waals surface area contributed by atoms with Gasteiger partial charge in [0.2, 0.25) is 5.91 Å². The summed E-state index contributed by atoms with van der Waals surface area (Å²) in [5.74, 6) is 0.650. The van der Waals surface area contributed by atoms with Crippen LogP contribution in [0.5, 0.6) is 11.5 Å². The number of amides is 1. The van der Waals surface area contributed by atoms with Crippen molar-refractivity contribution >= 4 is 27.8 Å². The first-order valence-corrected chi connectivity index (χ1v) is 10.8. The molecule has 158 valence electrons. The molecule has 2 aliphatic rings. The van der Waals surface area contributed by atoms with Gasteiger partial charge in [-0.25, -0.2) is 4.79 Å². The summed E-state index contributed by atoms with van der Waals surface area (Å²) in [7, 11) is 3.14. The molecular formula is C22H28BrNO5. The van der Waals surface area contributed by atoms with Gasteiger partial charge in [0.15, 0.2) is 0 Å². The molecule has 0 bridgehead atoms. The molecule has 7 heteroatoms. The van der Waals surface area contributed by atoms with Crippen LogP contribution in [-0.4, -0.2) is 32.7 Å². The number of rotatable bonds is 6. The second kappa shape index (κ2) is 9.65. The van der Waals surface area contributed by atoms with Crippen LogP contribution < -0.4 is 14.8 Å². The molecule has 1 aliphatic heterocycles. The fourth-order valence-electron chi connectivity index (χ4n) is 4.22. The van der Waals surface area contributed by atoms with E-state index in [1.807, 2.05) is 6.07 Å². The van der Waals surface area contributed by atoms with Crippen molar-refractivity contribution in [2.75, 3.05) is 20.8 Å². The Bertz CT molecular complexity index is 814. The van der Waals surface area contributed by atoms with E-state index in [0.717, 1.165) is 22.9 Å². The van der Waals surface area contributed by atoms with Gasteiger partial charge < -0.3 is 19.5 Å². The minimum atomic E-state index is -0.459. The highest BCUT2D eigenvalue weighted by molar-refractivity contribution is 9.10. The van der Waals surface area contributed by atoms with Crippen molar-refractivity contribution in [1.29, 1.82) is 0 Å². The molecule has 1 saturated carbocycles. The van der Waals surface area contributed by atoms with Gasteiger partial charge in [-0.1, -0.05) is 19.3 Å². The largest absolute Gasteiger partial charge is 0.496 e. The molecule has 0 spiro atoms. The van der Waals surface area contributed by atoms with Crippen molar-refractivity contribution in [2.45, 2.75) is 51.4 Å². The third-order valence-electron chi connectivity index (χ3n) is 5.74. The first kappa shape index (κ1) is 21.7. The minimum Gasteiger partial charge on any atom is -0.496 e. The number of nitrogens with one attached hydrogen (secondary N) is 1. The quantitative estimate of drug-likeness (QED) is 0.627. The highest BCUT2D eigenvalue weighted by atomic mass is 79.9. The number of allylic oxidation sites excluding steroid dienone is 1. The smallest absolute Gasteiger partial charge is 0.336 e. The molecule has 0 aromatic heterocycles. The van der Waals surface area contributed by atoms with E-state index in [0.29, 0.717) is 35.3 Å². The number of hydrogen-bond acceptors (Lipinski definition) is 5. The summed E-state index contributed by atoms with van der Waals surface area (Å²) in [5, 5.41) is 2.78. The second-order valence-electron chi connectivity index (χ2n) is 7.67. The van der Waals surface area contributed by atoms with E-state index in [1.165, 1.54) is 19.3 Å². The predicted octanol–water partition coefficient (Wildman–Crippen LogP) is 4.47. The van der Waals surface area contributed by atoms with E-state index in [-0.39, 0.29) is 18.3 Å². The second-order valence-corrected chi connectivity index (χ2v) is 8.53. The summed E-state index contributed by atoms with van der Waals surface area (Å²) in [6, 6.07) is 3.61. The lowest BCUT2D eigenvalue weighted by molar-refractivity contribution is -0.141. The lowest BCUT2D eigenvalue weighted by Gasteiger charge is -2.29.